The summed E-state index contributed by atoms with van der Waals surface area (Å²) in [7, 11) is 0. The summed E-state index contributed by atoms with van der Waals surface area (Å²) >= 11 is 11.4. The van der Waals surface area contributed by atoms with Crippen molar-refractivity contribution in [2.24, 2.45) is 0 Å². The Labute approximate surface area is 198 Å². The first-order valence-corrected chi connectivity index (χ1v) is 12.4. The van der Waals surface area contributed by atoms with Crippen molar-refractivity contribution >= 4 is 67.1 Å². The smallest absolute Gasteiger partial charge is 0.107 e. The average molecular weight is 564 g/mol. The van der Waals surface area contributed by atoms with Crippen LogP contribution in [0.1, 0.15) is 0 Å². The minimum atomic E-state index is 0.812. The second-order valence-corrected chi connectivity index (χ2v) is 10.3. The van der Waals surface area contributed by atoms with Crippen LogP contribution in [-0.2, 0) is 0 Å². The molecule has 0 bridgehead atoms. The maximum atomic E-state index is 4.72. The molecule has 0 radical (unpaired) electrons. The lowest BCUT2D eigenvalue weighted by Gasteiger charge is -2.06. The maximum absolute atomic E-state index is 4.72. The molecular formula is C20H12Br2N4S3. The molecule has 0 aliphatic rings. The predicted octanol–water partition coefficient (Wildman–Crippen LogP) is 7.25. The summed E-state index contributed by atoms with van der Waals surface area (Å²) in [5.74, 6) is 0. The van der Waals surface area contributed by atoms with Crippen molar-refractivity contribution in [1.82, 2.24) is 19.9 Å². The average Bonchev–Trinajstić information content (AvgIpc) is 2.69. The Hall–Kier alpha value is -1.39. The fourth-order valence-corrected chi connectivity index (χ4v) is 5.66. The van der Waals surface area contributed by atoms with Crippen molar-refractivity contribution in [3.63, 3.8) is 0 Å². The lowest BCUT2D eigenvalue weighted by Crippen LogP contribution is -1.88. The molecule has 4 nitrogen and oxygen atoms in total. The number of hydrogen-bond acceptors (Lipinski definition) is 7. The molecule has 4 rings (SSSR count). The van der Waals surface area contributed by atoms with E-state index in [1.54, 1.807) is 0 Å². The summed E-state index contributed by atoms with van der Waals surface area (Å²) in [5, 5.41) is 5.36. The van der Waals surface area contributed by atoms with Gasteiger partial charge in [-0.3, -0.25) is 0 Å². The van der Waals surface area contributed by atoms with Gasteiger partial charge in [0.1, 0.15) is 39.4 Å². The van der Waals surface area contributed by atoms with Gasteiger partial charge in [0.05, 0.1) is 0 Å². The van der Waals surface area contributed by atoms with Gasteiger partial charge < -0.3 is 0 Å². The van der Waals surface area contributed by atoms with Gasteiger partial charge in [-0.25, -0.2) is 19.9 Å². The van der Waals surface area contributed by atoms with E-state index in [1.807, 2.05) is 72.8 Å². The van der Waals surface area contributed by atoms with Crippen molar-refractivity contribution in [3.8, 4) is 0 Å². The molecule has 0 aromatic carbocycles. The molecule has 0 aliphatic heterocycles. The van der Waals surface area contributed by atoms with Gasteiger partial charge in [0.25, 0.3) is 0 Å². The van der Waals surface area contributed by atoms with Crippen LogP contribution in [0.2, 0.25) is 0 Å². The summed E-state index contributed by atoms with van der Waals surface area (Å²) in [6.07, 6.45) is 0. The van der Waals surface area contributed by atoms with E-state index >= 15 is 0 Å². The summed E-state index contributed by atoms with van der Waals surface area (Å²) in [6.45, 7) is 0. The highest BCUT2D eigenvalue weighted by Crippen LogP contribution is 2.32. The molecular weight excluding hydrogens is 552 g/mol. The van der Waals surface area contributed by atoms with Crippen molar-refractivity contribution in [2.75, 3.05) is 0 Å². The number of rotatable bonds is 6. The van der Waals surface area contributed by atoms with E-state index in [2.05, 4.69) is 41.8 Å². The fourth-order valence-electron chi connectivity index (χ4n) is 2.23. The molecule has 144 valence electrons. The zero-order valence-corrected chi connectivity index (χ0v) is 20.3. The SMILES string of the molecule is Brc1cccc(Sc2cccc(Sc3cccc(Sc4cccc(Br)n4)n3)n2)n1. The molecule has 0 saturated heterocycles. The first kappa shape index (κ1) is 20.9. The first-order chi connectivity index (χ1) is 14.1. The number of pyridine rings is 4. The predicted molar refractivity (Wildman–Crippen MR) is 125 cm³/mol. The van der Waals surface area contributed by atoms with Gasteiger partial charge in [0, 0.05) is 0 Å². The molecule has 0 aliphatic carbocycles. The van der Waals surface area contributed by atoms with Gasteiger partial charge in [0.15, 0.2) is 0 Å². The Morgan fingerprint density at radius 3 is 1.00 bits per heavy atom. The van der Waals surface area contributed by atoms with Gasteiger partial charge in [-0.1, -0.05) is 59.6 Å². The summed E-state index contributed by atoms with van der Waals surface area (Å²) in [5.41, 5.74) is 0. The topological polar surface area (TPSA) is 51.6 Å². The molecule has 0 amide bonds. The molecule has 29 heavy (non-hydrogen) atoms. The standard InChI is InChI=1S/C20H12Br2N4S3/c21-13-5-1-7-15(23-13)27-17-9-3-11-19(25-17)29-20-12-4-10-18(26-20)28-16-8-2-6-14(22)24-16/h1-12H. The van der Waals surface area contributed by atoms with E-state index in [0.717, 1.165) is 39.4 Å². The quantitative estimate of drug-likeness (QED) is 0.229. The number of hydrogen-bond donors (Lipinski definition) is 0. The van der Waals surface area contributed by atoms with Crippen LogP contribution in [0.15, 0.2) is 112 Å². The van der Waals surface area contributed by atoms with Gasteiger partial charge in [0.2, 0.25) is 0 Å². The zero-order chi connectivity index (χ0) is 20.1. The Kier molecular flexibility index (Phi) is 7.25. The molecule has 0 saturated carbocycles. The normalized spacial score (nSPS) is 10.8. The van der Waals surface area contributed by atoms with Crippen LogP contribution in [-0.4, -0.2) is 19.9 Å². The van der Waals surface area contributed by atoms with E-state index < -0.39 is 0 Å². The van der Waals surface area contributed by atoms with Crippen LogP contribution in [0.3, 0.4) is 0 Å². The lowest BCUT2D eigenvalue weighted by atomic mass is 10.5. The number of aromatic nitrogens is 4. The highest BCUT2D eigenvalue weighted by Gasteiger charge is 2.07. The third-order valence-corrected chi connectivity index (χ3v) is 6.90. The van der Waals surface area contributed by atoms with Crippen LogP contribution in [0.5, 0.6) is 0 Å². The van der Waals surface area contributed by atoms with Gasteiger partial charge >= 0.3 is 0 Å². The highest BCUT2D eigenvalue weighted by atomic mass is 79.9. The van der Waals surface area contributed by atoms with Crippen LogP contribution in [0.25, 0.3) is 0 Å². The Morgan fingerprint density at radius 2 is 0.690 bits per heavy atom. The van der Waals surface area contributed by atoms with Gasteiger partial charge in [-0.05, 0) is 80.4 Å². The minimum absolute atomic E-state index is 0.812. The maximum Gasteiger partial charge on any atom is 0.107 e. The third-order valence-electron chi connectivity index (χ3n) is 3.40. The second kappa shape index (κ2) is 10.1. The summed E-state index contributed by atoms with van der Waals surface area (Å²) < 4.78 is 1.62. The molecule has 0 unspecified atom stereocenters. The number of halogens is 2. The lowest BCUT2D eigenvalue weighted by molar-refractivity contribution is 0.970. The Morgan fingerprint density at radius 1 is 0.414 bits per heavy atom. The van der Waals surface area contributed by atoms with E-state index in [9.17, 15) is 0 Å². The highest BCUT2D eigenvalue weighted by molar-refractivity contribution is 9.10. The van der Waals surface area contributed by atoms with Crippen molar-refractivity contribution in [1.29, 1.82) is 0 Å². The summed E-state index contributed by atoms with van der Waals surface area (Å²) in [6, 6.07) is 23.6. The summed E-state index contributed by atoms with van der Waals surface area (Å²) in [4.78, 5) is 18.3. The van der Waals surface area contributed by atoms with Crippen molar-refractivity contribution in [2.45, 2.75) is 30.2 Å². The minimum Gasteiger partial charge on any atom is -0.234 e. The van der Waals surface area contributed by atoms with Gasteiger partial charge in [-0.15, -0.1) is 0 Å². The molecule has 4 aromatic rings. The van der Waals surface area contributed by atoms with E-state index in [0.29, 0.717) is 0 Å². The van der Waals surface area contributed by atoms with E-state index in [4.69, 9.17) is 9.97 Å². The monoisotopic (exact) mass is 562 g/mol. The molecule has 0 atom stereocenters. The van der Waals surface area contributed by atoms with Crippen molar-refractivity contribution in [3.05, 3.63) is 82.0 Å². The molecule has 0 N–H and O–H groups in total. The van der Waals surface area contributed by atoms with Crippen molar-refractivity contribution < 1.29 is 0 Å². The van der Waals surface area contributed by atoms with Crippen LogP contribution in [0.4, 0.5) is 0 Å². The van der Waals surface area contributed by atoms with E-state index in [-0.39, 0.29) is 0 Å². The Balaban J connectivity index is 1.48. The zero-order valence-electron chi connectivity index (χ0n) is 14.7. The third kappa shape index (κ3) is 6.29. The van der Waals surface area contributed by atoms with Crippen LogP contribution < -0.4 is 0 Å². The van der Waals surface area contributed by atoms with Crippen LogP contribution >= 0.6 is 67.1 Å². The largest absolute Gasteiger partial charge is 0.234 e. The molecule has 0 spiro atoms. The molecule has 4 aromatic heterocycles. The fraction of sp³-hybridized carbons (Fsp3) is 0. The van der Waals surface area contributed by atoms with E-state index in [1.165, 1.54) is 35.3 Å². The van der Waals surface area contributed by atoms with Crippen LogP contribution in [0, 0.1) is 0 Å². The Bertz CT molecular complexity index is 1050. The molecule has 9 heteroatoms. The number of nitrogens with zero attached hydrogens (tertiary/aromatic N) is 4. The molecule has 4 heterocycles. The molecule has 0 fully saturated rings. The first-order valence-electron chi connectivity index (χ1n) is 8.37. The van der Waals surface area contributed by atoms with Gasteiger partial charge in [-0.2, -0.15) is 0 Å². The second-order valence-electron chi connectivity index (χ2n) is 5.53.